The van der Waals surface area contributed by atoms with Crippen molar-refractivity contribution >= 4 is 5.69 Å². The molecule has 1 aromatic carbocycles. The van der Waals surface area contributed by atoms with Gasteiger partial charge in [-0.2, -0.15) is 0 Å². The average Bonchev–Trinajstić information content (AvgIpc) is 2.58. The monoisotopic (exact) mass is 205 g/mol. The van der Waals surface area contributed by atoms with Crippen molar-refractivity contribution in [1.29, 1.82) is 0 Å². The fraction of sp³-hybridized carbons (Fsp3) is 0.333. The number of hydrogen-bond donors (Lipinski definition) is 1. The predicted octanol–water partition coefficient (Wildman–Crippen LogP) is 1.78. The van der Waals surface area contributed by atoms with Gasteiger partial charge in [0.05, 0.1) is 7.11 Å². The van der Waals surface area contributed by atoms with E-state index in [1.165, 1.54) is 5.57 Å². The lowest BCUT2D eigenvalue weighted by atomic mass is 10.2. The van der Waals surface area contributed by atoms with Gasteiger partial charge in [0.2, 0.25) is 0 Å². The Morgan fingerprint density at radius 3 is 2.47 bits per heavy atom. The molecule has 1 heterocycles. The van der Waals surface area contributed by atoms with Crippen LogP contribution in [-0.4, -0.2) is 25.0 Å². The maximum Gasteiger partial charge on any atom is 0.146 e. The lowest BCUT2D eigenvalue weighted by Gasteiger charge is -2.22. The van der Waals surface area contributed by atoms with E-state index in [0.29, 0.717) is 0 Å². The van der Waals surface area contributed by atoms with Crippen molar-refractivity contribution in [2.75, 3.05) is 18.6 Å². The van der Waals surface area contributed by atoms with E-state index < -0.39 is 6.23 Å². The lowest BCUT2D eigenvalue weighted by molar-refractivity contribution is 0.227. The van der Waals surface area contributed by atoms with E-state index in [9.17, 15) is 5.11 Å². The highest BCUT2D eigenvalue weighted by atomic mass is 16.5. The minimum atomic E-state index is -0.501. The van der Waals surface area contributed by atoms with Crippen LogP contribution in [0.15, 0.2) is 35.9 Å². The van der Waals surface area contributed by atoms with Crippen LogP contribution in [0.2, 0.25) is 0 Å². The standard InChI is InChI=1S/C12H15NO2/c1-9-7-12(14)13(8-9)10-3-5-11(15-2)6-4-10/h3-7,12,14H,8H2,1-2H3. The summed E-state index contributed by atoms with van der Waals surface area (Å²) < 4.78 is 5.09. The number of benzene rings is 1. The first-order valence-electron chi connectivity index (χ1n) is 4.97. The largest absolute Gasteiger partial charge is 0.497 e. The number of hydrogen-bond acceptors (Lipinski definition) is 3. The fourth-order valence-electron chi connectivity index (χ4n) is 1.78. The zero-order chi connectivity index (χ0) is 10.8. The van der Waals surface area contributed by atoms with Crippen molar-refractivity contribution < 1.29 is 9.84 Å². The van der Waals surface area contributed by atoms with Gasteiger partial charge in [-0.25, -0.2) is 0 Å². The molecule has 1 atom stereocenters. The molecule has 0 fully saturated rings. The Kier molecular flexibility index (Phi) is 2.64. The summed E-state index contributed by atoms with van der Waals surface area (Å²) in [6.07, 6.45) is 1.36. The summed E-state index contributed by atoms with van der Waals surface area (Å²) in [7, 11) is 1.64. The van der Waals surface area contributed by atoms with Crippen LogP contribution in [0.5, 0.6) is 5.75 Å². The van der Waals surface area contributed by atoms with E-state index in [-0.39, 0.29) is 0 Å². The number of ether oxygens (including phenoxy) is 1. The van der Waals surface area contributed by atoms with Gasteiger partial charge in [-0.3, -0.25) is 0 Å². The molecule has 2 rings (SSSR count). The Morgan fingerprint density at radius 2 is 2.00 bits per heavy atom. The summed E-state index contributed by atoms with van der Waals surface area (Å²) in [6, 6.07) is 7.70. The fourth-order valence-corrected chi connectivity index (χ4v) is 1.78. The third-order valence-corrected chi connectivity index (χ3v) is 2.58. The SMILES string of the molecule is COc1ccc(N2CC(C)=CC2O)cc1. The molecule has 0 saturated heterocycles. The Hall–Kier alpha value is -1.48. The molecule has 0 radical (unpaired) electrons. The summed E-state index contributed by atoms with van der Waals surface area (Å²) in [4.78, 5) is 1.94. The third-order valence-electron chi connectivity index (χ3n) is 2.58. The molecule has 0 amide bonds. The second kappa shape index (κ2) is 3.95. The van der Waals surface area contributed by atoms with Gasteiger partial charge in [-0.05, 0) is 37.3 Å². The molecule has 1 aromatic rings. The minimum absolute atomic E-state index is 0.501. The van der Waals surface area contributed by atoms with Gasteiger partial charge in [0.1, 0.15) is 12.0 Å². The molecule has 3 heteroatoms. The normalized spacial score (nSPS) is 20.3. The molecule has 0 aliphatic carbocycles. The smallest absolute Gasteiger partial charge is 0.146 e. The molecule has 1 aliphatic heterocycles. The van der Waals surface area contributed by atoms with Gasteiger partial charge in [0, 0.05) is 12.2 Å². The zero-order valence-electron chi connectivity index (χ0n) is 8.97. The van der Waals surface area contributed by atoms with Crippen LogP contribution in [0.3, 0.4) is 0 Å². The third kappa shape index (κ3) is 1.97. The molecule has 0 aromatic heterocycles. The lowest BCUT2D eigenvalue weighted by Crippen LogP contribution is -2.29. The number of anilines is 1. The first-order valence-corrected chi connectivity index (χ1v) is 4.97. The first-order chi connectivity index (χ1) is 7.20. The highest BCUT2D eigenvalue weighted by molar-refractivity contribution is 5.53. The molecular formula is C12H15NO2. The molecule has 3 nitrogen and oxygen atoms in total. The van der Waals surface area contributed by atoms with Crippen molar-refractivity contribution in [3.8, 4) is 5.75 Å². The van der Waals surface area contributed by atoms with E-state index in [2.05, 4.69) is 0 Å². The van der Waals surface area contributed by atoms with Crippen molar-refractivity contribution in [1.82, 2.24) is 0 Å². The summed E-state index contributed by atoms with van der Waals surface area (Å²) in [5.74, 6) is 0.831. The molecule has 0 spiro atoms. The van der Waals surface area contributed by atoms with E-state index in [1.54, 1.807) is 7.11 Å². The van der Waals surface area contributed by atoms with Crippen LogP contribution < -0.4 is 9.64 Å². The number of nitrogens with zero attached hydrogens (tertiary/aromatic N) is 1. The Balaban J connectivity index is 2.17. The number of rotatable bonds is 2. The maximum absolute atomic E-state index is 9.76. The second-order valence-corrected chi connectivity index (χ2v) is 3.75. The van der Waals surface area contributed by atoms with Crippen LogP contribution >= 0.6 is 0 Å². The molecular weight excluding hydrogens is 190 g/mol. The van der Waals surface area contributed by atoms with Crippen LogP contribution in [0.25, 0.3) is 0 Å². The van der Waals surface area contributed by atoms with Crippen molar-refractivity contribution in [2.24, 2.45) is 0 Å². The average molecular weight is 205 g/mol. The number of methoxy groups -OCH3 is 1. The summed E-state index contributed by atoms with van der Waals surface area (Å²) in [5.41, 5.74) is 2.20. The van der Waals surface area contributed by atoms with Crippen molar-refractivity contribution in [3.63, 3.8) is 0 Å². The molecule has 15 heavy (non-hydrogen) atoms. The highest BCUT2D eigenvalue weighted by Gasteiger charge is 2.20. The van der Waals surface area contributed by atoms with E-state index >= 15 is 0 Å². The Labute approximate surface area is 89.6 Å². The van der Waals surface area contributed by atoms with Gasteiger partial charge in [0.25, 0.3) is 0 Å². The van der Waals surface area contributed by atoms with E-state index in [1.807, 2.05) is 42.2 Å². The van der Waals surface area contributed by atoms with Crippen LogP contribution in [0.4, 0.5) is 5.69 Å². The molecule has 1 aliphatic rings. The molecule has 80 valence electrons. The highest BCUT2D eigenvalue weighted by Crippen LogP contribution is 2.25. The van der Waals surface area contributed by atoms with E-state index in [4.69, 9.17) is 4.74 Å². The molecule has 1 unspecified atom stereocenters. The second-order valence-electron chi connectivity index (χ2n) is 3.75. The Bertz CT molecular complexity index is 370. The zero-order valence-corrected chi connectivity index (χ0v) is 8.97. The summed E-state index contributed by atoms with van der Waals surface area (Å²) in [6.45, 7) is 2.81. The maximum atomic E-state index is 9.76. The van der Waals surface area contributed by atoms with Crippen LogP contribution in [0, 0.1) is 0 Å². The van der Waals surface area contributed by atoms with Crippen LogP contribution in [-0.2, 0) is 0 Å². The van der Waals surface area contributed by atoms with Gasteiger partial charge in [-0.1, -0.05) is 5.57 Å². The van der Waals surface area contributed by atoms with Crippen LogP contribution in [0.1, 0.15) is 6.92 Å². The minimum Gasteiger partial charge on any atom is -0.497 e. The van der Waals surface area contributed by atoms with Crippen molar-refractivity contribution in [2.45, 2.75) is 13.2 Å². The van der Waals surface area contributed by atoms with Gasteiger partial charge < -0.3 is 14.7 Å². The topological polar surface area (TPSA) is 32.7 Å². The molecule has 1 N–H and O–H groups in total. The quantitative estimate of drug-likeness (QED) is 0.747. The van der Waals surface area contributed by atoms with E-state index in [0.717, 1.165) is 18.0 Å². The Morgan fingerprint density at radius 1 is 1.33 bits per heavy atom. The van der Waals surface area contributed by atoms with Gasteiger partial charge in [-0.15, -0.1) is 0 Å². The molecule has 0 bridgehead atoms. The number of aliphatic hydroxyl groups excluding tert-OH is 1. The summed E-state index contributed by atoms with van der Waals surface area (Å²) >= 11 is 0. The predicted molar refractivity (Wildman–Crippen MR) is 60.1 cm³/mol. The van der Waals surface area contributed by atoms with Gasteiger partial charge in [0.15, 0.2) is 0 Å². The number of aliphatic hydroxyl groups is 1. The molecule has 0 saturated carbocycles. The summed E-state index contributed by atoms with van der Waals surface area (Å²) in [5, 5.41) is 9.76. The van der Waals surface area contributed by atoms with Gasteiger partial charge >= 0.3 is 0 Å². The van der Waals surface area contributed by atoms with Crippen molar-refractivity contribution in [3.05, 3.63) is 35.9 Å². The first kappa shape index (κ1) is 10.1.